The molecule has 6 heteroatoms. The number of ether oxygens (including phenoxy) is 3. The van der Waals surface area contributed by atoms with Crippen molar-refractivity contribution in [3.8, 4) is 11.5 Å². The van der Waals surface area contributed by atoms with Crippen molar-refractivity contribution in [1.82, 2.24) is 4.98 Å². The summed E-state index contributed by atoms with van der Waals surface area (Å²) in [5.41, 5.74) is 1.34. The lowest BCUT2D eigenvalue weighted by Gasteiger charge is -2.14. The van der Waals surface area contributed by atoms with E-state index >= 15 is 0 Å². The number of methoxy groups -OCH3 is 1. The molecule has 0 saturated heterocycles. The Bertz CT molecular complexity index is 914. The lowest BCUT2D eigenvalue weighted by atomic mass is 10.1. The summed E-state index contributed by atoms with van der Waals surface area (Å²) in [7, 11) is 1.59. The van der Waals surface area contributed by atoms with Crippen LogP contribution in [0.3, 0.4) is 0 Å². The largest absolute Gasteiger partial charge is 0.497 e. The van der Waals surface area contributed by atoms with Crippen molar-refractivity contribution in [2.45, 2.75) is 19.6 Å². The van der Waals surface area contributed by atoms with E-state index in [4.69, 9.17) is 25.8 Å². The normalized spacial score (nSPS) is 11.8. The van der Waals surface area contributed by atoms with Crippen molar-refractivity contribution in [2.75, 3.05) is 7.11 Å². The molecule has 0 bridgehead atoms. The van der Waals surface area contributed by atoms with Crippen LogP contribution >= 0.6 is 11.6 Å². The second kappa shape index (κ2) is 8.06. The Morgan fingerprint density at radius 3 is 2.62 bits per heavy atom. The molecule has 1 atom stereocenters. The molecular formula is C20H18ClNO4. The number of esters is 1. The maximum atomic E-state index is 12.2. The Kier molecular flexibility index (Phi) is 5.58. The van der Waals surface area contributed by atoms with E-state index in [1.165, 1.54) is 0 Å². The highest BCUT2D eigenvalue weighted by molar-refractivity contribution is 6.30. The minimum atomic E-state index is -0.728. The molecule has 0 radical (unpaired) electrons. The summed E-state index contributed by atoms with van der Waals surface area (Å²) in [6.07, 6.45) is -0.728. The first-order valence-corrected chi connectivity index (χ1v) is 8.46. The summed E-state index contributed by atoms with van der Waals surface area (Å²) >= 11 is 6.22. The molecule has 0 saturated carbocycles. The summed E-state index contributed by atoms with van der Waals surface area (Å²) in [4.78, 5) is 16.5. The molecule has 0 spiro atoms. The summed E-state index contributed by atoms with van der Waals surface area (Å²) in [6.45, 7) is 1.66. The first kappa shape index (κ1) is 18.0. The van der Waals surface area contributed by atoms with Gasteiger partial charge >= 0.3 is 5.97 Å². The van der Waals surface area contributed by atoms with Crippen LogP contribution in [0.2, 0.25) is 5.15 Å². The van der Waals surface area contributed by atoms with Crippen molar-refractivity contribution < 1.29 is 19.0 Å². The molecule has 0 aliphatic heterocycles. The minimum Gasteiger partial charge on any atom is -0.497 e. The van der Waals surface area contributed by atoms with Gasteiger partial charge in [-0.05, 0) is 37.3 Å². The minimum absolute atomic E-state index is 0.0229. The van der Waals surface area contributed by atoms with Gasteiger partial charge in [0.25, 0.3) is 0 Å². The summed E-state index contributed by atoms with van der Waals surface area (Å²) in [5, 5.41) is 1.17. The predicted molar refractivity (Wildman–Crippen MR) is 99.6 cm³/mol. The number of carbonyl (C=O) groups excluding carboxylic acids is 1. The summed E-state index contributed by atoms with van der Waals surface area (Å²) in [6, 6.07) is 16.5. The van der Waals surface area contributed by atoms with Crippen LogP contribution in [-0.2, 0) is 16.1 Å². The molecule has 0 amide bonds. The molecule has 0 fully saturated rings. The lowest BCUT2D eigenvalue weighted by molar-refractivity contribution is -0.152. The number of hydrogen-bond donors (Lipinski definition) is 0. The Morgan fingerprint density at radius 1 is 1.12 bits per heavy atom. The zero-order chi connectivity index (χ0) is 18.5. The highest BCUT2D eigenvalue weighted by Crippen LogP contribution is 2.25. The van der Waals surface area contributed by atoms with Crippen LogP contribution in [0.25, 0.3) is 10.9 Å². The van der Waals surface area contributed by atoms with Crippen LogP contribution in [0.1, 0.15) is 12.5 Å². The molecule has 1 heterocycles. The second-order valence-corrected chi connectivity index (χ2v) is 6.04. The second-order valence-electron chi connectivity index (χ2n) is 5.68. The molecule has 0 aliphatic rings. The van der Waals surface area contributed by atoms with Crippen LogP contribution in [0.15, 0.2) is 54.6 Å². The fraction of sp³-hybridized carbons (Fsp3) is 0.200. The van der Waals surface area contributed by atoms with Gasteiger partial charge in [-0.2, -0.15) is 0 Å². The average Bonchev–Trinajstić information content (AvgIpc) is 2.66. The Hall–Kier alpha value is -2.79. The van der Waals surface area contributed by atoms with Gasteiger partial charge in [0.15, 0.2) is 6.10 Å². The molecule has 1 aromatic heterocycles. The van der Waals surface area contributed by atoms with Crippen LogP contribution in [0.4, 0.5) is 0 Å². The number of rotatable bonds is 6. The lowest BCUT2D eigenvalue weighted by Crippen LogP contribution is -2.26. The van der Waals surface area contributed by atoms with Gasteiger partial charge in [0, 0.05) is 17.0 Å². The summed E-state index contributed by atoms with van der Waals surface area (Å²) in [5.74, 6) is 0.836. The maximum absolute atomic E-state index is 12.2. The van der Waals surface area contributed by atoms with Crippen molar-refractivity contribution in [1.29, 1.82) is 0 Å². The van der Waals surface area contributed by atoms with E-state index < -0.39 is 12.1 Å². The van der Waals surface area contributed by atoms with Gasteiger partial charge in [0.1, 0.15) is 23.3 Å². The fourth-order valence-electron chi connectivity index (χ4n) is 2.41. The highest BCUT2D eigenvalue weighted by Gasteiger charge is 2.17. The van der Waals surface area contributed by atoms with E-state index in [1.54, 1.807) is 32.2 Å². The number of pyridine rings is 1. The first-order valence-electron chi connectivity index (χ1n) is 8.08. The molecule has 26 heavy (non-hydrogen) atoms. The molecule has 1 unspecified atom stereocenters. The van der Waals surface area contributed by atoms with Crippen molar-refractivity contribution >= 4 is 28.5 Å². The number of nitrogens with zero attached hydrogens (tertiary/aromatic N) is 1. The zero-order valence-corrected chi connectivity index (χ0v) is 15.2. The molecular weight excluding hydrogens is 354 g/mol. The van der Waals surface area contributed by atoms with Crippen LogP contribution in [-0.4, -0.2) is 24.2 Å². The average molecular weight is 372 g/mol. The number of benzene rings is 2. The van der Waals surface area contributed by atoms with E-state index in [9.17, 15) is 4.79 Å². The van der Waals surface area contributed by atoms with Crippen molar-refractivity contribution in [3.05, 3.63) is 65.3 Å². The van der Waals surface area contributed by atoms with Gasteiger partial charge in [0.05, 0.1) is 12.6 Å². The molecule has 0 N–H and O–H groups in total. The molecule has 3 aromatic rings. The number of fused-ring (bicyclic) bond motifs is 1. The van der Waals surface area contributed by atoms with E-state index in [2.05, 4.69) is 4.98 Å². The molecule has 2 aromatic carbocycles. The van der Waals surface area contributed by atoms with E-state index in [0.717, 1.165) is 5.39 Å². The number of hydrogen-bond acceptors (Lipinski definition) is 5. The van der Waals surface area contributed by atoms with Crippen molar-refractivity contribution in [2.24, 2.45) is 0 Å². The Morgan fingerprint density at radius 2 is 1.88 bits per heavy atom. The van der Waals surface area contributed by atoms with Gasteiger partial charge in [-0.3, -0.25) is 0 Å². The van der Waals surface area contributed by atoms with E-state index in [-0.39, 0.29) is 11.8 Å². The smallest absolute Gasteiger partial charge is 0.347 e. The quantitative estimate of drug-likeness (QED) is 0.474. The van der Waals surface area contributed by atoms with Gasteiger partial charge in [-0.15, -0.1) is 0 Å². The van der Waals surface area contributed by atoms with Crippen LogP contribution < -0.4 is 9.47 Å². The maximum Gasteiger partial charge on any atom is 0.347 e. The van der Waals surface area contributed by atoms with Crippen molar-refractivity contribution in [3.63, 3.8) is 0 Å². The molecule has 3 rings (SSSR count). The molecule has 134 valence electrons. The van der Waals surface area contributed by atoms with E-state index in [1.807, 2.05) is 36.4 Å². The highest BCUT2D eigenvalue weighted by atomic mass is 35.5. The number of aromatic nitrogens is 1. The predicted octanol–water partition coefficient (Wildman–Crippen LogP) is 4.41. The fourth-order valence-corrected chi connectivity index (χ4v) is 2.61. The molecule has 0 aliphatic carbocycles. The summed E-state index contributed by atoms with van der Waals surface area (Å²) < 4.78 is 16.1. The third-order valence-corrected chi connectivity index (χ3v) is 4.14. The third kappa shape index (κ3) is 4.24. The van der Waals surface area contributed by atoms with Crippen LogP contribution in [0, 0.1) is 0 Å². The Balaban J connectivity index is 1.66. The van der Waals surface area contributed by atoms with Gasteiger partial charge in [0.2, 0.25) is 0 Å². The topological polar surface area (TPSA) is 57.7 Å². The van der Waals surface area contributed by atoms with Crippen LogP contribution in [0.5, 0.6) is 11.5 Å². The number of carbonyl (C=O) groups is 1. The van der Waals surface area contributed by atoms with Gasteiger partial charge < -0.3 is 14.2 Å². The number of para-hydroxylation sites is 1. The monoisotopic (exact) mass is 371 g/mol. The standard InChI is InChI=1S/C20H18ClNO4/c1-13(26-16-6-4-3-5-7-16)20(23)25-12-15-10-14-8-9-17(24-2)11-18(14)22-19(15)21/h3-11,13H,12H2,1-2H3. The van der Waals surface area contributed by atoms with E-state index in [0.29, 0.717) is 22.6 Å². The van der Waals surface area contributed by atoms with Gasteiger partial charge in [-0.25, -0.2) is 9.78 Å². The number of halogens is 1. The first-order chi connectivity index (χ1) is 12.6. The molecule has 5 nitrogen and oxygen atoms in total. The van der Waals surface area contributed by atoms with Gasteiger partial charge in [-0.1, -0.05) is 29.8 Å². The Labute approximate surface area is 156 Å². The third-order valence-electron chi connectivity index (χ3n) is 3.81. The SMILES string of the molecule is COc1ccc2cc(COC(=O)C(C)Oc3ccccc3)c(Cl)nc2c1. The zero-order valence-electron chi connectivity index (χ0n) is 14.4.